The fourth-order valence-corrected chi connectivity index (χ4v) is 0. The Hall–Kier alpha value is 1.10. The van der Waals surface area contributed by atoms with E-state index in [1.165, 1.54) is 11.8 Å². The minimum absolute atomic E-state index is 0. The quantitative estimate of drug-likeness (QED) is 0.640. The van der Waals surface area contributed by atoms with Crippen molar-refractivity contribution in [3.05, 3.63) is 11.8 Å². The maximum Gasteiger partial charge on any atom is 0 e. The minimum atomic E-state index is 0. The van der Waals surface area contributed by atoms with Crippen LogP contribution in [0.3, 0.4) is 0 Å². The van der Waals surface area contributed by atoms with E-state index in [0.29, 0.717) is 0 Å². The summed E-state index contributed by atoms with van der Waals surface area (Å²) in [5, 5.41) is 0. The molecule has 0 saturated heterocycles. The first-order valence-corrected chi connectivity index (χ1v) is 4.89. The van der Waals surface area contributed by atoms with Crippen molar-refractivity contribution in [2.75, 3.05) is 0 Å². The van der Waals surface area contributed by atoms with E-state index in [4.69, 9.17) is 0 Å². The van der Waals surface area contributed by atoms with Gasteiger partial charge in [0.05, 0.1) is 0 Å². The van der Waals surface area contributed by atoms with Gasteiger partial charge in [-0.1, -0.05) is 27.7 Å². The molecule has 0 spiro atoms. The maximum absolute atomic E-state index is 2.20. The smallest absolute Gasteiger partial charge is 0 e. The predicted molar refractivity (Wildman–Crippen MR) is 58.9 cm³/mol. The molecule has 0 aliphatic rings. The summed E-state index contributed by atoms with van der Waals surface area (Å²) < 4.78 is 0. The summed E-state index contributed by atoms with van der Waals surface area (Å²) >= 11 is 0. The van der Waals surface area contributed by atoms with E-state index in [1.54, 1.807) is 0 Å². The van der Waals surface area contributed by atoms with Gasteiger partial charge in [-0.05, 0) is 0 Å². The molecule has 0 amide bonds. The van der Waals surface area contributed by atoms with Gasteiger partial charge in [0.15, 0.2) is 0 Å². The second-order valence-corrected chi connectivity index (χ2v) is 4.46. The molecule has 1 heteroatoms. The van der Waals surface area contributed by atoms with Crippen LogP contribution in [0.25, 0.3) is 0 Å². The molecule has 0 atom stereocenters. The van der Waals surface area contributed by atoms with E-state index in [9.17, 15) is 0 Å². The van der Waals surface area contributed by atoms with Gasteiger partial charge in [-0.3, -0.25) is 0 Å². The van der Waals surface area contributed by atoms with Crippen molar-refractivity contribution >= 4 is 0 Å². The molecule has 0 rings (SSSR count). The molecule has 0 aliphatic heterocycles. The van der Waals surface area contributed by atoms with Crippen LogP contribution in [0.5, 0.6) is 0 Å². The van der Waals surface area contributed by atoms with Gasteiger partial charge in [-0.15, -0.1) is 0 Å². The topological polar surface area (TPSA) is 0 Å². The number of hydrogen-bond donors (Lipinski definition) is 0. The fourth-order valence-electron chi connectivity index (χ4n) is 0. The zero-order valence-electron chi connectivity index (χ0n) is 10.7. The molecule has 79 valence electrons. The molecule has 0 heterocycles. The molecule has 0 aliphatic carbocycles. The van der Waals surface area contributed by atoms with Crippen LogP contribution in [0, 0.1) is 23.7 Å². The van der Waals surface area contributed by atoms with Crippen LogP contribution in [-0.2, 0) is 32.7 Å². The summed E-state index contributed by atoms with van der Waals surface area (Å²) in [6.07, 6.45) is 0. The molecule has 13 heavy (non-hydrogen) atoms. The number of hydrogen-bond acceptors (Lipinski definition) is 0. The molecule has 0 unspecified atom stereocenters. The van der Waals surface area contributed by atoms with Gasteiger partial charge in [0, 0.05) is 32.7 Å². The third-order valence-corrected chi connectivity index (χ3v) is 2.31. The molecule has 0 aromatic rings. The molecule has 0 N–H and O–H groups in total. The summed E-state index contributed by atoms with van der Waals surface area (Å²) in [4.78, 5) is 0. The Morgan fingerprint density at radius 2 is 0.692 bits per heavy atom. The Balaban J connectivity index is -0.000000143. The van der Waals surface area contributed by atoms with Crippen LogP contribution >= 0.6 is 0 Å². The van der Waals surface area contributed by atoms with Gasteiger partial charge in [0.2, 0.25) is 0 Å². The van der Waals surface area contributed by atoms with E-state index in [1.807, 2.05) is 0 Å². The standard InChI is InChI=1S/2C6H13.Y/c2*1-5(2)6(3)4;/h2*5H,1-4H3;/q2*-1;. The van der Waals surface area contributed by atoms with Gasteiger partial charge in [-0.25, -0.2) is 0 Å². The van der Waals surface area contributed by atoms with Crippen molar-refractivity contribution < 1.29 is 32.7 Å². The second-order valence-electron chi connectivity index (χ2n) is 4.46. The predicted octanol–water partition coefficient (Wildman–Crippen LogP) is 4.51. The minimum Gasteiger partial charge on any atom is -0.317 e. The summed E-state index contributed by atoms with van der Waals surface area (Å²) in [5.74, 6) is 4.56. The van der Waals surface area contributed by atoms with Crippen molar-refractivity contribution in [2.24, 2.45) is 11.8 Å². The fraction of sp³-hybridized carbons (Fsp3) is 0.833. The maximum atomic E-state index is 2.20. The Kier molecular flexibility index (Phi) is 16.9. The van der Waals surface area contributed by atoms with Crippen molar-refractivity contribution in [2.45, 2.75) is 55.4 Å². The van der Waals surface area contributed by atoms with Gasteiger partial charge < -0.3 is 11.8 Å². The van der Waals surface area contributed by atoms with Crippen molar-refractivity contribution in [3.63, 3.8) is 0 Å². The summed E-state index contributed by atoms with van der Waals surface area (Å²) in [7, 11) is 0. The van der Waals surface area contributed by atoms with Crippen molar-refractivity contribution in [1.82, 2.24) is 0 Å². The van der Waals surface area contributed by atoms with E-state index in [-0.39, 0.29) is 32.7 Å². The number of rotatable bonds is 2. The van der Waals surface area contributed by atoms with Crippen LogP contribution in [0.4, 0.5) is 0 Å². The Morgan fingerprint density at radius 1 is 0.615 bits per heavy atom. The van der Waals surface area contributed by atoms with Crippen LogP contribution < -0.4 is 0 Å². The SMILES string of the molecule is C[C-](C)C(C)C.C[C-](C)C(C)C.[Y]. The Bertz CT molecular complexity index is 59.1. The van der Waals surface area contributed by atoms with Gasteiger partial charge in [-0.2, -0.15) is 39.5 Å². The monoisotopic (exact) mass is 259 g/mol. The second kappa shape index (κ2) is 11.2. The van der Waals surface area contributed by atoms with E-state index in [0.717, 1.165) is 11.8 Å². The summed E-state index contributed by atoms with van der Waals surface area (Å²) in [6.45, 7) is 17.4. The average Bonchev–Trinajstić information content (AvgIpc) is 1.88. The van der Waals surface area contributed by atoms with Crippen LogP contribution in [0.15, 0.2) is 0 Å². The van der Waals surface area contributed by atoms with Crippen LogP contribution in [-0.4, -0.2) is 0 Å². The molecular weight excluding hydrogens is 233 g/mol. The van der Waals surface area contributed by atoms with Crippen molar-refractivity contribution in [3.8, 4) is 0 Å². The zero-order chi connectivity index (χ0) is 10.3. The zero-order valence-corrected chi connectivity index (χ0v) is 13.6. The average molecular weight is 259 g/mol. The molecule has 1 radical (unpaired) electrons. The normalized spacial score (nSPS) is 10.2. The largest absolute Gasteiger partial charge is 0.317 e. The van der Waals surface area contributed by atoms with Crippen molar-refractivity contribution in [1.29, 1.82) is 0 Å². The van der Waals surface area contributed by atoms with E-state index < -0.39 is 0 Å². The third-order valence-electron chi connectivity index (χ3n) is 2.31. The molecule has 0 nitrogen and oxygen atoms in total. The molecule has 0 bridgehead atoms. The molecule has 0 aromatic heterocycles. The van der Waals surface area contributed by atoms with E-state index in [2.05, 4.69) is 55.4 Å². The Morgan fingerprint density at radius 3 is 0.692 bits per heavy atom. The van der Waals surface area contributed by atoms with Gasteiger partial charge in [0.1, 0.15) is 0 Å². The first kappa shape index (κ1) is 19.6. The molecule has 0 aromatic carbocycles. The third kappa shape index (κ3) is 19.5. The summed E-state index contributed by atoms with van der Waals surface area (Å²) in [5.41, 5.74) is 0. The van der Waals surface area contributed by atoms with Crippen LogP contribution in [0.2, 0.25) is 0 Å². The summed E-state index contributed by atoms with van der Waals surface area (Å²) in [6, 6.07) is 0. The van der Waals surface area contributed by atoms with Gasteiger partial charge in [0.25, 0.3) is 0 Å². The molecule has 0 fully saturated rings. The molecular formula is C12H26Y-2. The first-order valence-electron chi connectivity index (χ1n) is 4.89. The molecule has 0 saturated carbocycles. The van der Waals surface area contributed by atoms with E-state index >= 15 is 0 Å². The Labute approximate surface area is 111 Å². The first-order chi connectivity index (χ1) is 5.29. The van der Waals surface area contributed by atoms with Crippen LogP contribution in [0.1, 0.15) is 55.4 Å². The van der Waals surface area contributed by atoms with Gasteiger partial charge >= 0.3 is 0 Å².